The number of alkyl halides is 3. The van der Waals surface area contributed by atoms with Crippen molar-refractivity contribution in [2.45, 2.75) is 19.5 Å². The van der Waals surface area contributed by atoms with Gasteiger partial charge in [0.2, 0.25) is 0 Å². The van der Waals surface area contributed by atoms with E-state index in [-0.39, 0.29) is 5.75 Å². The van der Waals surface area contributed by atoms with Gasteiger partial charge >= 0.3 is 6.18 Å². The molecule has 2 aromatic heterocycles. The van der Waals surface area contributed by atoms with Gasteiger partial charge in [0.25, 0.3) is 0 Å². The van der Waals surface area contributed by atoms with E-state index in [4.69, 9.17) is 4.74 Å². The molecule has 3 rings (SSSR count). The molecule has 0 aliphatic heterocycles. The molecule has 0 spiro atoms. The fourth-order valence-corrected chi connectivity index (χ4v) is 2.30. The maximum Gasteiger partial charge on any atom is 0.422 e. The lowest BCUT2D eigenvalue weighted by Crippen LogP contribution is -2.19. The second kappa shape index (κ2) is 5.91. The van der Waals surface area contributed by atoms with E-state index in [2.05, 4.69) is 15.0 Å². The van der Waals surface area contributed by atoms with Gasteiger partial charge in [0, 0.05) is 18.2 Å². The molecule has 0 saturated carbocycles. The van der Waals surface area contributed by atoms with Gasteiger partial charge in [-0.15, -0.1) is 0 Å². The molecule has 0 radical (unpaired) electrons. The van der Waals surface area contributed by atoms with Crippen molar-refractivity contribution in [2.24, 2.45) is 0 Å². The third kappa shape index (κ3) is 3.61. The number of para-hydroxylation sites is 2. The number of halogens is 3. The van der Waals surface area contributed by atoms with Crippen molar-refractivity contribution >= 4 is 11.0 Å². The molecule has 0 saturated heterocycles. The first-order chi connectivity index (χ1) is 10.9. The minimum absolute atomic E-state index is 0.184. The van der Waals surface area contributed by atoms with Crippen molar-refractivity contribution in [1.29, 1.82) is 0 Å². The fourth-order valence-electron chi connectivity index (χ4n) is 2.30. The molecular weight excluding hydrogens is 307 g/mol. The molecule has 0 fully saturated rings. The van der Waals surface area contributed by atoms with Crippen molar-refractivity contribution in [1.82, 2.24) is 15.0 Å². The highest BCUT2D eigenvalue weighted by Gasteiger charge is 2.28. The minimum Gasteiger partial charge on any atom is -0.484 e. The summed E-state index contributed by atoms with van der Waals surface area (Å²) in [4.78, 5) is 11.9. The molecule has 0 aliphatic carbocycles. The predicted molar refractivity (Wildman–Crippen MR) is 79.4 cm³/mol. The van der Waals surface area contributed by atoms with Gasteiger partial charge in [-0.05, 0) is 25.1 Å². The van der Waals surface area contributed by atoms with E-state index < -0.39 is 12.8 Å². The zero-order valence-electron chi connectivity index (χ0n) is 12.3. The molecule has 2 heterocycles. The van der Waals surface area contributed by atoms with Crippen LogP contribution in [0.4, 0.5) is 13.2 Å². The van der Waals surface area contributed by atoms with Crippen LogP contribution in [0.25, 0.3) is 11.0 Å². The first-order valence-corrected chi connectivity index (χ1v) is 7.00. The van der Waals surface area contributed by atoms with E-state index in [1.807, 2.05) is 24.3 Å². The predicted octanol–water partition coefficient (Wildman–Crippen LogP) is 3.80. The lowest BCUT2D eigenvalue weighted by molar-refractivity contribution is -0.153. The van der Waals surface area contributed by atoms with Crippen LogP contribution in [0.2, 0.25) is 0 Å². The quantitative estimate of drug-likeness (QED) is 0.795. The van der Waals surface area contributed by atoms with Gasteiger partial charge < -0.3 is 9.72 Å². The molecule has 3 aromatic rings. The van der Waals surface area contributed by atoms with Gasteiger partial charge in [0.05, 0.1) is 16.7 Å². The number of pyridine rings is 1. The second-order valence-electron chi connectivity index (χ2n) is 5.16. The summed E-state index contributed by atoms with van der Waals surface area (Å²) in [6.45, 7) is 0.374. The molecule has 4 nitrogen and oxygen atoms in total. The highest BCUT2D eigenvalue weighted by atomic mass is 19.4. The average Bonchev–Trinajstić information content (AvgIpc) is 2.89. The van der Waals surface area contributed by atoms with Crippen molar-refractivity contribution in [3.05, 3.63) is 53.6 Å². The highest BCUT2D eigenvalue weighted by molar-refractivity contribution is 5.74. The Balaban J connectivity index is 1.82. The zero-order valence-corrected chi connectivity index (χ0v) is 12.3. The normalized spacial score (nSPS) is 11.8. The number of nitrogens with zero attached hydrogens (tertiary/aromatic N) is 2. The summed E-state index contributed by atoms with van der Waals surface area (Å²) in [6.07, 6.45) is -2.53. The Kier molecular flexibility index (Phi) is 3.94. The van der Waals surface area contributed by atoms with Crippen molar-refractivity contribution < 1.29 is 17.9 Å². The molecule has 0 bridgehead atoms. The largest absolute Gasteiger partial charge is 0.484 e. The number of fused-ring (bicyclic) bond motifs is 1. The van der Waals surface area contributed by atoms with Crippen LogP contribution in [0.3, 0.4) is 0 Å². The first-order valence-electron chi connectivity index (χ1n) is 7.00. The molecule has 23 heavy (non-hydrogen) atoms. The van der Waals surface area contributed by atoms with E-state index in [1.165, 1.54) is 12.3 Å². The number of H-pyrrole nitrogens is 1. The summed E-state index contributed by atoms with van der Waals surface area (Å²) < 4.78 is 41.7. The SMILES string of the molecule is Cc1c(OCC(F)(F)F)ccnc1Cc1nc2ccccc2[nH]1. The Morgan fingerprint density at radius 2 is 1.96 bits per heavy atom. The van der Waals surface area contributed by atoms with Crippen molar-refractivity contribution in [2.75, 3.05) is 6.61 Å². The van der Waals surface area contributed by atoms with Crippen LogP contribution >= 0.6 is 0 Å². The van der Waals surface area contributed by atoms with Crippen LogP contribution < -0.4 is 4.74 Å². The van der Waals surface area contributed by atoms with E-state index in [0.29, 0.717) is 23.5 Å². The van der Waals surface area contributed by atoms with Crippen LogP contribution in [0.5, 0.6) is 5.75 Å². The Labute approximate surface area is 130 Å². The van der Waals surface area contributed by atoms with Gasteiger partial charge in [-0.2, -0.15) is 13.2 Å². The maximum atomic E-state index is 12.3. The number of nitrogens with one attached hydrogen (secondary N) is 1. The van der Waals surface area contributed by atoms with Gasteiger partial charge in [0.1, 0.15) is 11.6 Å². The number of aromatic nitrogens is 3. The second-order valence-corrected chi connectivity index (χ2v) is 5.16. The summed E-state index contributed by atoms with van der Waals surface area (Å²) in [5.41, 5.74) is 2.95. The van der Waals surface area contributed by atoms with E-state index >= 15 is 0 Å². The zero-order chi connectivity index (χ0) is 16.4. The fraction of sp³-hybridized carbons (Fsp3) is 0.250. The lowest BCUT2D eigenvalue weighted by Gasteiger charge is -2.13. The van der Waals surface area contributed by atoms with E-state index in [1.54, 1.807) is 6.92 Å². The molecular formula is C16H14F3N3O. The molecule has 120 valence electrons. The molecule has 0 unspecified atom stereocenters. The van der Waals surface area contributed by atoms with E-state index in [0.717, 1.165) is 11.0 Å². The number of hydrogen-bond acceptors (Lipinski definition) is 3. The molecule has 1 aromatic carbocycles. The van der Waals surface area contributed by atoms with Crippen LogP contribution in [-0.2, 0) is 6.42 Å². The monoisotopic (exact) mass is 321 g/mol. The summed E-state index contributed by atoms with van der Waals surface area (Å²) in [6, 6.07) is 9.03. The topological polar surface area (TPSA) is 50.8 Å². The molecule has 1 N–H and O–H groups in total. The number of aromatic amines is 1. The van der Waals surface area contributed by atoms with Gasteiger partial charge in [-0.3, -0.25) is 4.98 Å². The average molecular weight is 321 g/mol. The van der Waals surface area contributed by atoms with Gasteiger partial charge in [-0.25, -0.2) is 4.98 Å². The summed E-state index contributed by atoms with van der Waals surface area (Å²) >= 11 is 0. The number of benzene rings is 1. The van der Waals surface area contributed by atoms with Gasteiger partial charge in [0.15, 0.2) is 6.61 Å². The molecule has 0 amide bonds. The third-order valence-electron chi connectivity index (χ3n) is 3.42. The Morgan fingerprint density at radius 3 is 2.70 bits per heavy atom. The summed E-state index contributed by atoms with van der Waals surface area (Å²) in [5, 5.41) is 0. The van der Waals surface area contributed by atoms with Crippen LogP contribution in [0.1, 0.15) is 17.1 Å². The van der Waals surface area contributed by atoms with Crippen LogP contribution in [0.15, 0.2) is 36.5 Å². The van der Waals surface area contributed by atoms with Gasteiger partial charge in [-0.1, -0.05) is 12.1 Å². The third-order valence-corrected chi connectivity index (χ3v) is 3.42. The molecule has 7 heteroatoms. The van der Waals surface area contributed by atoms with Crippen LogP contribution in [-0.4, -0.2) is 27.7 Å². The number of ether oxygens (including phenoxy) is 1. The maximum absolute atomic E-state index is 12.3. The van der Waals surface area contributed by atoms with Crippen LogP contribution in [0, 0.1) is 6.92 Å². The Hall–Kier alpha value is -2.57. The number of imidazole rings is 1. The minimum atomic E-state index is -4.37. The van der Waals surface area contributed by atoms with Crippen molar-refractivity contribution in [3.8, 4) is 5.75 Å². The smallest absolute Gasteiger partial charge is 0.422 e. The Bertz CT molecular complexity index is 794. The first kappa shape index (κ1) is 15.3. The highest BCUT2D eigenvalue weighted by Crippen LogP contribution is 2.24. The lowest BCUT2D eigenvalue weighted by atomic mass is 10.1. The Morgan fingerprint density at radius 1 is 1.17 bits per heavy atom. The molecule has 0 atom stereocenters. The molecule has 0 aliphatic rings. The van der Waals surface area contributed by atoms with E-state index in [9.17, 15) is 13.2 Å². The summed E-state index contributed by atoms with van der Waals surface area (Å²) in [7, 11) is 0. The summed E-state index contributed by atoms with van der Waals surface area (Å²) in [5.74, 6) is 0.887. The standard InChI is InChI=1S/C16H14F3N3O/c1-10-13(20-7-6-14(10)23-9-16(17,18)19)8-15-21-11-4-2-3-5-12(11)22-15/h2-7H,8-9H2,1H3,(H,21,22). The number of hydrogen-bond donors (Lipinski definition) is 1. The number of rotatable bonds is 4. The van der Waals surface area contributed by atoms with Crippen molar-refractivity contribution in [3.63, 3.8) is 0 Å².